The summed E-state index contributed by atoms with van der Waals surface area (Å²) in [6, 6.07) is 15.8. The van der Waals surface area contributed by atoms with E-state index >= 15 is 0 Å². The standard InChI is InChI=1S/C20H22N2O2/c1-13(15-8-5-7-11-19(15)24-3)22-14(2)20(23)17-12-21-18-10-6-4-9-16(17)18/h4-14,21-22H,1-3H3/p+1/t13-,14+/m1/s1. The van der Waals surface area contributed by atoms with Crippen LogP contribution in [0, 0.1) is 0 Å². The number of benzene rings is 2. The molecule has 0 spiro atoms. The number of Topliss-reactive ketones (excluding diaryl/α,β-unsaturated/α-hetero) is 1. The molecule has 1 heterocycles. The second-order valence-corrected chi connectivity index (χ2v) is 6.12. The summed E-state index contributed by atoms with van der Waals surface area (Å²) in [5, 5.41) is 3.06. The summed E-state index contributed by atoms with van der Waals surface area (Å²) < 4.78 is 5.43. The van der Waals surface area contributed by atoms with Crippen LogP contribution in [-0.4, -0.2) is 23.9 Å². The van der Waals surface area contributed by atoms with Gasteiger partial charge in [-0.05, 0) is 32.0 Å². The largest absolute Gasteiger partial charge is 0.496 e. The highest BCUT2D eigenvalue weighted by atomic mass is 16.5. The van der Waals surface area contributed by atoms with Crippen LogP contribution in [0.25, 0.3) is 10.9 Å². The highest BCUT2D eigenvalue weighted by Gasteiger charge is 2.25. The number of nitrogens with two attached hydrogens (primary N) is 1. The van der Waals surface area contributed by atoms with Gasteiger partial charge in [0.05, 0.1) is 12.7 Å². The van der Waals surface area contributed by atoms with Crippen molar-refractivity contribution in [2.24, 2.45) is 0 Å². The number of rotatable bonds is 6. The predicted octanol–water partition coefficient (Wildman–Crippen LogP) is 3.07. The van der Waals surface area contributed by atoms with Crippen molar-refractivity contribution < 1.29 is 14.8 Å². The molecule has 3 aromatic rings. The van der Waals surface area contributed by atoms with Crippen LogP contribution in [0.2, 0.25) is 0 Å². The Morgan fingerprint density at radius 2 is 1.79 bits per heavy atom. The van der Waals surface area contributed by atoms with E-state index in [0.717, 1.165) is 27.8 Å². The van der Waals surface area contributed by atoms with Crippen LogP contribution in [0.3, 0.4) is 0 Å². The van der Waals surface area contributed by atoms with E-state index in [1.54, 1.807) is 7.11 Å². The number of hydrogen-bond donors (Lipinski definition) is 2. The molecule has 0 radical (unpaired) electrons. The fraction of sp³-hybridized carbons (Fsp3) is 0.250. The third-order valence-corrected chi connectivity index (χ3v) is 4.48. The second-order valence-electron chi connectivity index (χ2n) is 6.12. The maximum atomic E-state index is 12.9. The Morgan fingerprint density at radius 1 is 1.08 bits per heavy atom. The predicted molar refractivity (Wildman–Crippen MR) is 95.4 cm³/mol. The highest BCUT2D eigenvalue weighted by molar-refractivity contribution is 6.09. The van der Waals surface area contributed by atoms with Crippen molar-refractivity contribution in [3.63, 3.8) is 0 Å². The van der Waals surface area contributed by atoms with E-state index in [9.17, 15) is 4.79 Å². The molecule has 0 aliphatic carbocycles. The second kappa shape index (κ2) is 6.89. The topological polar surface area (TPSA) is 58.7 Å². The van der Waals surface area contributed by atoms with E-state index in [0.29, 0.717) is 0 Å². The fourth-order valence-corrected chi connectivity index (χ4v) is 3.19. The molecule has 0 aliphatic heterocycles. The van der Waals surface area contributed by atoms with Gasteiger partial charge < -0.3 is 15.0 Å². The molecule has 0 bridgehead atoms. The van der Waals surface area contributed by atoms with Crippen LogP contribution < -0.4 is 10.1 Å². The zero-order valence-electron chi connectivity index (χ0n) is 14.2. The summed E-state index contributed by atoms with van der Waals surface area (Å²) in [6.07, 6.45) is 1.81. The maximum absolute atomic E-state index is 12.9. The quantitative estimate of drug-likeness (QED) is 0.685. The Kier molecular flexibility index (Phi) is 4.67. The smallest absolute Gasteiger partial charge is 0.221 e. The number of para-hydroxylation sites is 2. The van der Waals surface area contributed by atoms with Crippen LogP contribution >= 0.6 is 0 Å². The van der Waals surface area contributed by atoms with Crippen molar-refractivity contribution in [1.29, 1.82) is 0 Å². The third kappa shape index (κ3) is 3.05. The first-order valence-corrected chi connectivity index (χ1v) is 8.20. The van der Waals surface area contributed by atoms with Crippen LogP contribution in [0.1, 0.15) is 35.8 Å². The van der Waals surface area contributed by atoms with E-state index in [1.165, 1.54) is 0 Å². The first kappa shape index (κ1) is 16.3. The van der Waals surface area contributed by atoms with Gasteiger partial charge in [0.1, 0.15) is 17.8 Å². The lowest BCUT2D eigenvalue weighted by Crippen LogP contribution is -2.91. The van der Waals surface area contributed by atoms with Crippen LogP contribution in [0.4, 0.5) is 0 Å². The molecule has 4 nitrogen and oxygen atoms in total. The van der Waals surface area contributed by atoms with Gasteiger partial charge in [-0.15, -0.1) is 0 Å². The molecule has 0 unspecified atom stereocenters. The van der Waals surface area contributed by atoms with E-state index < -0.39 is 0 Å². The summed E-state index contributed by atoms with van der Waals surface area (Å²) >= 11 is 0. The summed E-state index contributed by atoms with van der Waals surface area (Å²) in [4.78, 5) is 16.0. The monoisotopic (exact) mass is 323 g/mol. The van der Waals surface area contributed by atoms with Crippen molar-refractivity contribution >= 4 is 16.7 Å². The lowest BCUT2D eigenvalue weighted by molar-refractivity contribution is -0.709. The number of nitrogens with one attached hydrogen (secondary N) is 1. The van der Waals surface area contributed by atoms with Crippen molar-refractivity contribution in [2.75, 3.05) is 7.11 Å². The minimum atomic E-state index is -0.177. The number of aromatic amines is 1. The van der Waals surface area contributed by atoms with Gasteiger partial charge in [-0.3, -0.25) is 4.79 Å². The minimum absolute atomic E-state index is 0.130. The fourth-order valence-electron chi connectivity index (χ4n) is 3.19. The molecule has 24 heavy (non-hydrogen) atoms. The van der Waals surface area contributed by atoms with Crippen molar-refractivity contribution in [1.82, 2.24) is 4.98 Å². The first-order chi connectivity index (χ1) is 11.6. The number of carbonyl (C=O) groups excluding carboxylic acids is 1. The van der Waals surface area contributed by atoms with Crippen LogP contribution in [0.5, 0.6) is 5.75 Å². The molecular formula is C20H23N2O2+. The normalized spacial score (nSPS) is 13.6. The van der Waals surface area contributed by atoms with Crippen molar-refractivity contribution in [3.05, 3.63) is 65.9 Å². The molecule has 2 aromatic carbocycles. The molecule has 0 fully saturated rings. The summed E-state index contributed by atoms with van der Waals surface area (Å²) in [7, 11) is 1.67. The molecule has 124 valence electrons. The number of methoxy groups -OCH3 is 1. The lowest BCUT2D eigenvalue weighted by Gasteiger charge is -2.18. The zero-order chi connectivity index (χ0) is 17.1. The van der Waals surface area contributed by atoms with Gasteiger partial charge in [-0.25, -0.2) is 0 Å². The number of aromatic nitrogens is 1. The minimum Gasteiger partial charge on any atom is -0.496 e. The van der Waals surface area contributed by atoms with E-state index in [2.05, 4.69) is 17.2 Å². The number of hydrogen-bond acceptors (Lipinski definition) is 2. The highest BCUT2D eigenvalue weighted by Crippen LogP contribution is 2.23. The molecule has 3 rings (SSSR count). The number of quaternary nitrogens is 1. The molecule has 0 saturated heterocycles. The average molecular weight is 323 g/mol. The van der Waals surface area contributed by atoms with Crippen molar-refractivity contribution in [2.45, 2.75) is 25.9 Å². The summed E-state index contributed by atoms with van der Waals surface area (Å²) in [5.41, 5.74) is 2.84. The molecule has 0 saturated carbocycles. The van der Waals surface area contributed by atoms with Crippen molar-refractivity contribution in [3.8, 4) is 5.75 Å². The molecule has 0 aliphatic rings. The third-order valence-electron chi connectivity index (χ3n) is 4.48. The van der Waals surface area contributed by atoms with Gasteiger partial charge >= 0.3 is 0 Å². The molecule has 1 aromatic heterocycles. The Morgan fingerprint density at radius 3 is 2.58 bits per heavy atom. The van der Waals surface area contributed by atoms with Gasteiger partial charge in [-0.2, -0.15) is 0 Å². The summed E-state index contributed by atoms with van der Waals surface area (Å²) in [5.74, 6) is 0.988. The molecule has 3 N–H and O–H groups in total. The SMILES string of the molecule is COc1ccccc1[C@@H](C)[NH2+][C@@H](C)C(=O)c1c[nH]c2ccccc12. The van der Waals surface area contributed by atoms with Crippen LogP contribution in [0.15, 0.2) is 54.7 Å². The molecular weight excluding hydrogens is 300 g/mol. The average Bonchev–Trinajstić information content (AvgIpc) is 3.04. The molecule has 4 heteroatoms. The van der Waals surface area contributed by atoms with Gasteiger partial charge in [0, 0.05) is 22.7 Å². The van der Waals surface area contributed by atoms with Gasteiger partial charge in [-0.1, -0.05) is 30.3 Å². The molecule has 0 amide bonds. The van der Waals surface area contributed by atoms with E-state index in [-0.39, 0.29) is 17.9 Å². The molecule has 2 atom stereocenters. The van der Waals surface area contributed by atoms with E-state index in [1.807, 2.05) is 61.7 Å². The van der Waals surface area contributed by atoms with Crippen LogP contribution in [-0.2, 0) is 0 Å². The number of carbonyl (C=O) groups is 1. The number of ketones is 1. The lowest BCUT2D eigenvalue weighted by atomic mass is 10.0. The maximum Gasteiger partial charge on any atom is 0.221 e. The Bertz CT molecular complexity index is 853. The summed E-state index contributed by atoms with van der Waals surface area (Å²) in [6.45, 7) is 4.05. The van der Waals surface area contributed by atoms with E-state index in [4.69, 9.17) is 4.74 Å². The Balaban J connectivity index is 1.79. The van der Waals surface area contributed by atoms with Gasteiger partial charge in [0.2, 0.25) is 5.78 Å². The van der Waals surface area contributed by atoms with Gasteiger partial charge in [0.25, 0.3) is 0 Å². The number of ether oxygens (including phenoxy) is 1. The zero-order valence-corrected chi connectivity index (χ0v) is 14.2. The Hall–Kier alpha value is -2.59. The van der Waals surface area contributed by atoms with Gasteiger partial charge in [0.15, 0.2) is 0 Å². The number of fused-ring (bicyclic) bond motifs is 1. The number of H-pyrrole nitrogens is 1. The Labute approximate surface area is 141 Å². The first-order valence-electron chi connectivity index (χ1n) is 8.20.